The summed E-state index contributed by atoms with van der Waals surface area (Å²) in [7, 11) is 0. The highest BCUT2D eigenvalue weighted by atomic mass is 35.5. The first-order valence-electron chi connectivity index (χ1n) is 7.20. The minimum atomic E-state index is -0.171. The molecule has 0 bridgehead atoms. The van der Waals surface area contributed by atoms with Crippen molar-refractivity contribution in [2.24, 2.45) is 0 Å². The van der Waals surface area contributed by atoms with Gasteiger partial charge in [0, 0.05) is 6.42 Å². The molecule has 2 rings (SSSR count). The maximum Gasteiger partial charge on any atom is 0.267 e. The van der Waals surface area contributed by atoms with E-state index in [0.29, 0.717) is 33.9 Å². The molecule has 0 spiro atoms. The maximum absolute atomic E-state index is 13.0. The molecule has 0 saturated carbocycles. The molecule has 3 nitrogen and oxygen atoms in total. The highest BCUT2D eigenvalue weighted by molar-refractivity contribution is 6.35. The minimum Gasteiger partial charge on any atom is -0.268 e. The zero-order valence-electron chi connectivity index (χ0n) is 12.9. The summed E-state index contributed by atoms with van der Waals surface area (Å²) in [5.41, 5.74) is 1.91. The van der Waals surface area contributed by atoms with Crippen LogP contribution >= 0.6 is 11.6 Å². The molecule has 2 aromatic rings. The number of nitrogens with zero attached hydrogens (tertiary/aromatic N) is 2. The van der Waals surface area contributed by atoms with E-state index in [1.54, 1.807) is 28.9 Å². The Hall–Kier alpha value is -2.13. The molecule has 0 N–H and O–H groups in total. The van der Waals surface area contributed by atoms with Crippen LogP contribution in [0.15, 0.2) is 53.9 Å². The van der Waals surface area contributed by atoms with Gasteiger partial charge in [0.05, 0.1) is 21.6 Å². The number of aryl methyl sites for hydroxylation is 1. The Labute approximate surface area is 135 Å². The zero-order valence-corrected chi connectivity index (χ0v) is 13.7. The lowest BCUT2D eigenvalue weighted by atomic mass is 10.1. The van der Waals surface area contributed by atoms with Gasteiger partial charge in [-0.05, 0) is 37.1 Å². The van der Waals surface area contributed by atoms with Crippen molar-refractivity contribution in [1.82, 2.24) is 9.55 Å². The fourth-order valence-corrected chi connectivity index (χ4v) is 2.65. The summed E-state index contributed by atoms with van der Waals surface area (Å²) in [4.78, 5) is 17.6. The van der Waals surface area contributed by atoms with Crippen LogP contribution in [-0.4, -0.2) is 9.55 Å². The van der Waals surface area contributed by atoms with Crippen LogP contribution in [-0.2, 0) is 6.42 Å². The number of benzene rings is 1. The third-order valence-electron chi connectivity index (χ3n) is 3.34. The number of fused-ring (bicyclic) bond motifs is 1. The highest BCUT2D eigenvalue weighted by Crippen LogP contribution is 2.22. The van der Waals surface area contributed by atoms with Gasteiger partial charge in [0.1, 0.15) is 5.82 Å². The Morgan fingerprint density at radius 2 is 2.18 bits per heavy atom. The van der Waals surface area contributed by atoms with Gasteiger partial charge >= 0.3 is 0 Å². The minimum absolute atomic E-state index is 0.171. The van der Waals surface area contributed by atoms with Gasteiger partial charge in [-0.3, -0.25) is 9.36 Å². The number of halogens is 1. The first-order valence-corrected chi connectivity index (χ1v) is 7.58. The molecule has 0 aliphatic rings. The lowest BCUT2D eigenvalue weighted by Gasteiger charge is -2.16. The predicted octanol–water partition coefficient (Wildman–Crippen LogP) is 4.61. The lowest BCUT2D eigenvalue weighted by Crippen LogP contribution is -2.25. The molecule has 0 unspecified atom stereocenters. The molecule has 22 heavy (non-hydrogen) atoms. The molecule has 0 aliphatic carbocycles. The molecule has 4 heteroatoms. The number of rotatable bonds is 5. The largest absolute Gasteiger partial charge is 0.268 e. The van der Waals surface area contributed by atoms with Crippen LogP contribution in [0.4, 0.5) is 0 Å². The van der Waals surface area contributed by atoms with Crippen LogP contribution in [0.2, 0.25) is 5.02 Å². The predicted molar refractivity (Wildman–Crippen MR) is 94.3 cm³/mol. The first-order chi connectivity index (χ1) is 10.5. The van der Waals surface area contributed by atoms with Gasteiger partial charge in [0.2, 0.25) is 0 Å². The van der Waals surface area contributed by atoms with Gasteiger partial charge in [-0.15, -0.1) is 0 Å². The van der Waals surface area contributed by atoms with Crippen LogP contribution in [0.3, 0.4) is 0 Å². The van der Waals surface area contributed by atoms with Crippen LogP contribution < -0.4 is 5.56 Å². The van der Waals surface area contributed by atoms with Crippen LogP contribution in [0.5, 0.6) is 0 Å². The number of hydrogen-bond acceptors (Lipinski definition) is 2. The van der Waals surface area contributed by atoms with Crippen molar-refractivity contribution >= 4 is 28.2 Å². The van der Waals surface area contributed by atoms with Crippen molar-refractivity contribution in [3.8, 4) is 0 Å². The average molecular weight is 315 g/mol. The lowest BCUT2D eigenvalue weighted by molar-refractivity contribution is 0.783. The monoisotopic (exact) mass is 314 g/mol. The quantitative estimate of drug-likeness (QED) is 0.756. The van der Waals surface area contributed by atoms with E-state index in [0.717, 1.165) is 12.0 Å². The Kier molecular flexibility index (Phi) is 4.99. The first kappa shape index (κ1) is 16.2. The summed E-state index contributed by atoms with van der Waals surface area (Å²) < 4.78 is 1.60. The molecule has 114 valence electrons. The summed E-state index contributed by atoms with van der Waals surface area (Å²) >= 11 is 6.21. The number of hydrogen-bond donors (Lipinski definition) is 0. The standard InChI is InChI=1S/C18H19ClN2O/c1-5-8-15(12(3)4)21-16(9-6-2)20-14-11-7-10-13(19)17(14)18(21)22/h5,7-8,10-11H,1,3,6,9H2,2,4H3/b15-8+. The maximum atomic E-state index is 13.0. The smallest absolute Gasteiger partial charge is 0.267 e. The summed E-state index contributed by atoms with van der Waals surface area (Å²) in [5, 5.41) is 0.840. The molecular formula is C18H19ClN2O. The van der Waals surface area contributed by atoms with Crippen LogP contribution in [0, 0.1) is 0 Å². The van der Waals surface area contributed by atoms with E-state index in [9.17, 15) is 4.79 Å². The molecule has 0 saturated heterocycles. The zero-order chi connectivity index (χ0) is 16.3. The van der Waals surface area contributed by atoms with E-state index < -0.39 is 0 Å². The SMILES string of the molecule is C=C/C=C(\C(=C)C)n1c(CCC)nc2cccc(Cl)c2c1=O. The third-order valence-corrected chi connectivity index (χ3v) is 3.66. The second-order valence-corrected chi connectivity index (χ2v) is 5.53. The van der Waals surface area contributed by atoms with Crippen molar-refractivity contribution in [3.05, 3.63) is 70.3 Å². The fourth-order valence-electron chi connectivity index (χ4n) is 2.39. The Bertz CT molecular complexity index is 831. The molecule has 0 aliphatic heterocycles. The van der Waals surface area contributed by atoms with Crippen molar-refractivity contribution in [2.75, 3.05) is 0 Å². The Balaban J connectivity index is 2.94. The van der Waals surface area contributed by atoms with Gasteiger partial charge < -0.3 is 0 Å². The summed E-state index contributed by atoms with van der Waals surface area (Å²) in [5.74, 6) is 0.707. The van der Waals surface area contributed by atoms with Gasteiger partial charge in [0.15, 0.2) is 0 Å². The molecule has 0 amide bonds. The molecule has 0 fully saturated rings. The van der Waals surface area contributed by atoms with E-state index >= 15 is 0 Å². The molecule has 1 heterocycles. The highest BCUT2D eigenvalue weighted by Gasteiger charge is 2.15. The van der Waals surface area contributed by atoms with Crippen molar-refractivity contribution in [2.45, 2.75) is 26.7 Å². The molecular weight excluding hydrogens is 296 g/mol. The fraction of sp³-hybridized carbons (Fsp3) is 0.222. The van der Waals surface area contributed by atoms with E-state index in [-0.39, 0.29) is 5.56 Å². The van der Waals surface area contributed by atoms with Gasteiger partial charge in [-0.2, -0.15) is 0 Å². The van der Waals surface area contributed by atoms with Gasteiger partial charge in [-0.1, -0.05) is 43.8 Å². The second kappa shape index (κ2) is 6.75. The van der Waals surface area contributed by atoms with Crippen molar-refractivity contribution in [3.63, 3.8) is 0 Å². The molecule has 0 atom stereocenters. The van der Waals surface area contributed by atoms with E-state index in [1.165, 1.54) is 0 Å². The summed E-state index contributed by atoms with van der Waals surface area (Å²) in [6.45, 7) is 11.6. The molecule has 0 radical (unpaired) electrons. The average Bonchev–Trinajstić information content (AvgIpc) is 2.46. The Morgan fingerprint density at radius 3 is 2.77 bits per heavy atom. The van der Waals surface area contributed by atoms with Crippen molar-refractivity contribution in [1.29, 1.82) is 0 Å². The summed E-state index contributed by atoms with van der Waals surface area (Å²) in [6.07, 6.45) is 4.99. The molecule has 1 aromatic carbocycles. The normalized spacial score (nSPS) is 11.7. The van der Waals surface area contributed by atoms with Crippen molar-refractivity contribution < 1.29 is 0 Å². The van der Waals surface area contributed by atoms with Gasteiger partial charge in [-0.25, -0.2) is 4.98 Å². The summed E-state index contributed by atoms with van der Waals surface area (Å²) in [6, 6.07) is 5.31. The van der Waals surface area contributed by atoms with Crippen LogP contribution in [0.25, 0.3) is 16.6 Å². The third kappa shape index (κ3) is 2.90. The topological polar surface area (TPSA) is 34.9 Å². The van der Waals surface area contributed by atoms with E-state index in [1.807, 2.05) is 13.0 Å². The second-order valence-electron chi connectivity index (χ2n) is 5.12. The number of aromatic nitrogens is 2. The number of allylic oxidation sites excluding steroid dienone is 4. The van der Waals surface area contributed by atoms with Crippen LogP contribution in [0.1, 0.15) is 26.1 Å². The Morgan fingerprint density at radius 1 is 1.45 bits per heavy atom. The van der Waals surface area contributed by atoms with E-state index in [4.69, 9.17) is 11.6 Å². The van der Waals surface area contributed by atoms with Gasteiger partial charge in [0.25, 0.3) is 5.56 Å². The molecule has 1 aromatic heterocycles. The van der Waals surface area contributed by atoms with E-state index in [2.05, 4.69) is 25.1 Å².